The van der Waals surface area contributed by atoms with E-state index in [1.165, 1.54) is 4.88 Å². The maximum Gasteiger partial charge on any atom is 0.258 e. The smallest absolute Gasteiger partial charge is 0.258 e. The van der Waals surface area contributed by atoms with Crippen molar-refractivity contribution >= 4 is 33.8 Å². The highest BCUT2D eigenvalue weighted by molar-refractivity contribution is 7.17. The normalized spacial score (nSPS) is 18.9. The minimum atomic E-state index is -0.147. The summed E-state index contributed by atoms with van der Waals surface area (Å²) in [7, 11) is 0. The number of aliphatic hydroxyl groups is 1. The molecule has 1 aliphatic carbocycles. The average Bonchev–Trinajstić information content (AvgIpc) is 3.18. The van der Waals surface area contributed by atoms with E-state index in [9.17, 15) is 9.59 Å². The van der Waals surface area contributed by atoms with Gasteiger partial charge in [0.15, 0.2) is 0 Å². The van der Waals surface area contributed by atoms with Gasteiger partial charge in [0.25, 0.3) is 5.91 Å². The Labute approximate surface area is 225 Å². The maximum atomic E-state index is 13.7. The second-order valence-electron chi connectivity index (χ2n) is 11.7. The number of carbonyl (C=O) groups is 2. The minimum Gasteiger partial charge on any atom is -0.395 e. The molecule has 0 bridgehead atoms. The fourth-order valence-electron chi connectivity index (χ4n) is 5.47. The first kappa shape index (κ1) is 27.8. The Bertz CT molecular complexity index is 1130. The fraction of sp³-hybridized carbons (Fsp3) is 0.586. The number of aryl methyl sites for hydroxylation is 2. The molecule has 37 heavy (non-hydrogen) atoms. The Balaban J connectivity index is 1.54. The van der Waals surface area contributed by atoms with Crippen molar-refractivity contribution in [3.8, 4) is 0 Å². The van der Waals surface area contributed by atoms with Crippen LogP contribution in [0.15, 0.2) is 18.2 Å². The molecule has 2 amide bonds. The van der Waals surface area contributed by atoms with Gasteiger partial charge in [0.2, 0.25) is 5.91 Å². The van der Waals surface area contributed by atoms with Crippen LogP contribution in [0, 0.1) is 25.2 Å². The Kier molecular flexibility index (Phi) is 8.74. The molecule has 0 saturated carbocycles. The van der Waals surface area contributed by atoms with Crippen LogP contribution in [-0.2, 0) is 17.6 Å². The number of nitrogens with zero attached hydrogens (tertiary/aromatic N) is 2. The van der Waals surface area contributed by atoms with Crippen LogP contribution in [-0.4, -0.2) is 72.6 Å². The molecule has 0 radical (unpaired) electrons. The van der Waals surface area contributed by atoms with E-state index in [1.54, 1.807) is 11.3 Å². The molecule has 2 aromatic rings. The molecular formula is C29H42N4O3S. The van der Waals surface area contributed by atoms with Gasteiger partial charge in [-0.1, -0.05) is 38.5 Å². The third-order valence-electron chi connectivity index (χ3n) is 7.85. The number of hydrogen-bond acceptors (Lipinski definition) is 6. The fourth-order valence-corrected chi connectivity index (χ4v) is 6.81. The topological polar surface area (TPSA) is 84.9 Å². The van der Waals surface area contributed by atoms with Crippen LogP contribution in [0.3, 0.4) is 0 Å². The van der Waals surface area contributed by atoms with Gasteiger partial charge in [0.1, 0.15) is 5.00 Å². The van der Waals surface area contributed by atoms with Crippen LogP contribution in [0.4, 0.5) is 10.7 Å². The van der Waals surface area contributed by atoms with Crippen molar-refractivity contribution in [3.05, 3.63) is 45.3 Å². The number of rotatable bonds is 7. The van der Waals surface area contributed by atoms with Crippen LogP contribution in [0.5, 0.6) is 0 Å². The second-order valence-corrected chi connectivity index (χ2v) is 12.8. The van der Waals surface area contributed by atoms with Crippen LogP contribution < -0.4 is 10.6 Å². The number of hydrogen-bond donors (Lipinski definition) is 3. The molecule has 2 heterocycles. The molecule has 202 valence electrons. The monoisotopic (exact) mass is 526 g/mol. The zero-order valence-corrected chi connectivity index (χ0v) is 23.8. The van der Waals surface area contributed by atoms with Crippen LogP contribution in [0.1, 0.15) is 59.1 Å². The number of anilines is 2. The molecule has 0 spiro atoms. The molecule has 2 aliphatic rings. The number of piperazine rings is 1. The van der Waals surface area contributed by atoms with Crippen molar-refractivity contribution in [3.63, 3.8) is 0 Å². The Hall–Kier alpha value is -2.26. The molecule has 7 nitrogen and oxygen atoms in total. The number of thiophene rings is 1. The lowest BCUT2D eigenvalue weighted by molar-refractivity contribution is -0.117. The molecule has 4 rings (SSSR count). The lowest BCUT2D eigenvalue weighted by atomic mass is 9.72. The summed E-state index contributed by atoms with van der Waals surface area (Å²) in [6.45, 7) is 15.3. The number of nitrogens with one attached hydrogen (secondary N) is 2. The third kappa shape index (κ3) is 6.79. The summed E-state index contributed by atoms with van der Waals surface area (Å²) in [6.07, 6.45) is 2.84. The van der Waals surface area contributed by atoms with E-state index >= 15 is 0 Å². The lowest BCUT2D eigenvalue weighted by Gasteiger charge is -2.33. The summed E-state index contributed by atoms with van der Waals surface area (Å²) >= 11 is 1.58. The van der Waals surface area contributed by atoms with Crippen molar-refractivity contribution in [2.75, 3.05) is 56.5 Å². The van der Waals surface area contributed by atoms with Gasteiger partial charge in [-0.15, -0.1) is 11.3 Å². The second kappa shape index (κ2) is 11.6. The van der Waals surface area contributed by atoms with Crippen LogP contribution in [0.2, 0.25) is 0 Å². The summed E-state index contributed by atoms with van der Waals surface area (Å²) in [5, 5.41) is 16.1. The Morgan fingerprint density at radius 3 is 2.43 bits per heavy atom. The van der Waals surface area contributed by atoms with E-state index in [4.69, 9.17) is 5.11 Å². The zero-order chi connectivity index (χ0) is 26.7. The highest BCUT2D eigenvalue weighted by Crippen LogP contribution is 2.44. The molecule has 1 fully saturated rings. The number of β-amino-alcohol motifs (C(OH)–C–C–N with tert-alkyl or cyclic N) is 1. The number of benzene rings is 1. The zero-order valence-electron chi connectivity index (χ0n) is 22.9. The summed E-state index contributed by atoms with van der Waals surface area (Å²) in [5.74, 6) is 0.321. The van der Waals surface area contributed by atoms with Gasteiger partial charge < -0.3 is 15.7 Å². The SMILES string of the molecule is Cc1ccc(NC(=O)c2c(NC(=O)CN3CCN(CCO)CC3)sc3c2CC[C@@H](C(C)(C)C)C3)c(C)c1. The first-order valence-electron chi connectivity index (χ1n) is 13.4. The summed E-state index contributed by atoms with van der Waals surface area (Å²) < 4.78 is 0. The van der Waals surface area contributed by atoms with E-state index in [0.29, 0.717) is 29.6 Å². The van der Waals surface area contributed by atoms with Crippen molar-refractivity contribution in [1.29, 1.82) is 0 Å². The number of amides is 2. The van der Waals surface area contributed by atoms with Gasteiger partial charge in [-0.3, -0.25) is 19.4 Å². The Morgan fingerprint density at radius 1 is 1.08 bits per heavy atom. The predicted molar refractivity (Wildman–Crippen MR) is 152 cm³/mol. The third-order valence-corrected chi connectivity index (χ3v) is 9.02. The molecule has 1 aromatic heterocycles. The van der Waals surface area contributed by atoms with E-state index in [1.807, 2.05) is 26.0 Å². The molecule has 0 unspecified atom stereocenters. The van der Waals surface area contributed by atoms with Crippen molar-refractivity contribution in [1.82, 2.24) is 9.80 Å². The quantitative estimate of drug-likeness (QED) is 0.501. The standard InChI is InChI=1S/C29H42N4O3S/c1-19-6-9-23(20(2)16-19)30-27(36)26-22-8-7-21(29(3,4)5)17-24(22)37-28(26)31-25(35)18-33-12-10-32(11-13-33)14-15-34/h6,9,16,21,34H,7-8,10-15,17-18H2,1-5H3,(H,30,36)(H,31,35)/t21-/m1/s1. The molecule has 1 atom stereocenters. The molecular weight excluding hydrogens is 484 g/mol. The summed E-state index contributed by atoms with van der Waals surface area (Å²) in [6, 6.07) is 6.02. The van der Waals surface area contributed by atoms with Crippen molar-refractivity contribution in [2.45, 2.75) is 53.9 Å². The number of aliphatic hydroxyl groups excluding tert-OH is 1. The maximum absolute atomic E-state index is 13.7. The van der Waals surface area contributed by atoms with E-state index in [-0.39, 0.29) is 23.8 Å². The minimum absolute atomic E-state index is 0.0813. The number of carbonyl (C=O) groups excluding carboxylic acids is 2. The van der Waals surface area contributed by atoms with E-state index < -0.39 is 0 Å². The molecule has 1 saturated heterocycles. The van der Waals surface area contributed by atoms with Gasteiger partial charge in [0.05, 0.1) is 18.7 Å². The van der Waals surface area contributed by atoms with Crippen molar-refractivity contribution < 1.29 is 14.7 Å². The first-order chi connectivity index (χ1) is 17.5. The van der Waals surface area contributed by atoms with Gasteiger partial charge in [-0.2, -0.15) is 0 Å². The molecule has 8 heteroatoms. The first-order valence-corrected chi connectivity index (χ1v) is 14.3. The highest BCUT2D eigenvalue weighted by Gasteiger charge is 2.34. The van der Waals surface area contributed by atoms with Crippen LogP contribution >= 0.6 is 11.3 Å². The average molecular weight is 527 g/mol. The van der Waals surface area contributed by atoms with E-state index in [2.05, 4.69) is 47.3 Å². The summed E-state index contributed by atoms with van der Waals surface area (Å²) in [4.78, 5) is 32.4. The number of fused-ring (bicyclic) bond motifs is 1. The van der Waals surface area contributed by atoms with Gasteiger partial charge in [-0.25, -0.2) is 0 Å². The van der Waals surface area contributed by atoms with Gasteiger partial charge in [-0.05, 0) is 61.6 Å². The van der Waals surface area contributed by atoms with E-state index in [0.717, 1.165) is 67.8 Å². The molecule has 3 N–H and O–H groups in total. The largest absolute Gasteiger partial charge is 0.395 e. The van der Waals surface area contributed by atoms with Crippen LogP contribution in [0.25, 0.3) is 0 Å². The van der Waals surface area contributed by atoms with Gasteiger partial charge >= 0.3 is 0 Å². The molecule has 1 aromatic carbocycles. The predicted octanol–water partition coefficient (Wildman–Crippen LogP) is 4.32. The van der Waals surface area contributed by atoms with Gasteiger partial charge in [0, 0.05) is 43.3 Å². The highest BCUT2D eigenvalue weighted by atomic mass is 32.1. The Morgan fingerprint density at radius 2 is 1.78 bits per heavy atom. The molecule has 1 aliphatic heterocycles. The summed E-state index contributed by atoms with van der Waals surface area (Å²) in [5.41, 5.74) is 4.91. The van der Waals surface area contributed by atoms with Crippen molar-refractivity contribution in [2.24, 2.45) is 11.3 Å². The lowest BCUT2D eigenvalue weighted by Crippen LogP contribution is -2.49.